The summed E-state index contributed by atoms with van der Waals surface area (Å²) in [7, 11) is -3.75. The molecule has 0 bridgehead atoms. The SMILES string of the molecule is CCCCN([C@@H]1C[C@H]1C(=O)NC(C)(C)C)S(=O)(=O)c1ccc(F)cc1. The molecule has 1 aromatic rings. The van der Waals surface area contributed by atoms with Gasteiger partial charge in [0.1, 0.15) is 5.82 Å². The van der Waals surface area contributed by atoms with Crippen molar-refractivity contribution in [2.75, 3.05) is 6.54 Å². The lowest BCUT2D eigenvalue weighted by molar-refractivity contribution is -0.124. The fourth-order valence-electron chi connectivity index (χ4n) is 2.76. The topological polar surface area (TPSA) is 66.5 Å². The van der Waals surface area contributed by atoms with Gasteiger partial charge in [0.25, 0.3) is 0 Å². The molecule has 1 aromatic carbocycles. The molecule has 1 aliphatic rings. The third-order valence-electron chi connectivity index (χ3n) is 4.11. The van der Waals surface area contributed by atoms with Crippen LogP contribution in [0.4, 0.5) is 4.39 Å². The second-order valence-electron chi connectivity index (χ2n) is 7.57. The van der Waals surface area contributed by atoms with Crippen LogP contribution in [0.5, 0.6) is 0 Å². The van der Waals surface area contributed by atoms with Crippen LogP contribution in [0.2, 0.25) is 0 Å². The van der Waals surface area contributed by atoms with E-state index in [1.54, 1.807) is 0 Å². The normalized spacial score (nSPS) is 20.6. The first kappa shape index (κ1) is 19.8. The van der Waals surface area contributed by atoms with Gasteiger partial charge in [0, 0.05) is 18.1 Å². The Balaban J connectivity index is 2.20. The van der Waals surface area contributed by atoms with Gasteiger partial charge in [0.05, 0.1) is 10.8 Å². The van der Waals surface area contributed by atoms with Gasteiger partial charge in [-0.25, -0.2) is 12.8 Å². The number of benzene rings is 1. The molecule has 2 rings (SSSR count). The number of unbranched alkanes of at least 4 members (excludes halogenated alkanes) is 1. The lowest BCUT2D eigenvalue weighted by Crippen LogP contribution is -2.43. The Kier molecular flexibility index (Phi) is 5.89. The quantitative estimate of drug-likeness (QED) is 0.802. The Labute approximate surface area is 149 Å². The van der Waals surface area contributed by atoms with Gasteiger partial charge >= 0.3 is 0 Å². The van der Waals surface area contributed by atoms with Crippen LogP contribution in [0.15, 0.2) is 29.2 Å². The average molecular weight is 370 g/mol. The predicted molar refractivity (Wildman–Crippen MR) is 95.0 cm³/mol. The summed E-state index contributed by atoms with van der Waals surface area (Å²) in [4.78, 5) is 12.4. The Morgan fingerprint density at radius 3 is 2.40 bits per heavy atom. The van der Waals surface area contributed by atoms with Gasteiger partial charge in [-0.3, -0.25) is 4.79 Å². The van der Waals surface area contributed by atoms with Crippen molar-refractivity contribution in [1.29, 1.82) is 0 Å². The fraction of sp³-hybridized carbons (Fsp3) is 0.611. The summed E-state index contributed by atoms with van der Waals surface area (Å²) in [6.45, 7) is 8.03. The molecular weight excluding hydrogens is 343 g/mol. The van der Waals surface area contributed by atoms with Crippen LogP contribution >= 0.6 is 0 Å². The van der Waals surface area contributed by atoms with E-state index in [2.05, 4.69) is 5.32 Å². The van der Waals surface area contributed by atoms with Crippen LogP contribution in [-0.4, -0.2) is 36.8 Å². The Hall–Kier alpha value is -1.47. The molecule has 1 saturated carbocycles. The summed E-state index contributed by atoms with van der Waals surface area (Å²) in [5.41, 5.74) is -0.353. The highest BCUT2D eigenvalue weighted by Crippen LogP contribution is 2.39. The highest BCUT2D eigenvalue weighted by Gasteiger charge is 2.51. The van der Waals surface area contributed by atoms with Crippen molar-refractivity contribution in [3.05, 3.63) is 30.1 Å². The maximum absolute atomic E-state index is 13.1. The number of carbonyl (C=O) groups excluding carboxylic acids is 1. The highest BCUT2D eigenvalue weighted by molar-refractivity contribution is 7.89. The Morgan fingerprint density at radius 1 is 1.28 bits per heavy atom. The third kappa shape index (κ3) is 5.01. The van der Waals surface area contributed by atoms with Gasteiger partial charge in [-0.05, 0) is 57.9 Å². The highest BCUT2D eigenvalue weighted by atomic mass is 32.2. The van der Waals surface area contributed by atoms with Gasteiger partial charge < -0.3 is 5.32 Å². The minimum Gasteiger partial charge on any atom is -0.351 e. The summed E-state index contributed by atoms with van der Waals surface area (Å²) in [5.74, 6) is -0.924. The number of sulfonamides is 1. The first-order valence-electron chi connectivity index (χ1n) is 8.65. The molecule has 0 saturated heterocycles. The summed E-state index contributed by atoms with van der Waals surface area (Å²) in [6.07, 6.45) is 2.08. The molecule has 1 aliphatic carbocycles. The second kappa shape index (κ2) is 7.41. The standard InChI is InChI=1S/C18H27FN2O3S/c1-5-6-11-21(16-12-15(16)17(22)20-18(2,3)4)25(23,24)14-9-7-13(19)8-10-14/h7-10,15-16H,5-6,11-12H2,1-4H3,(H,20,22)/t15-,16-/m1/s1. The molecule has 1 fully saturated rings. The van der Waals surface area contributed by atoms with E-state index in [1.165, 1.54) is 16.4 Å². The van der Waals surface area contributed by atoms with Crippen LogP contribution in [-0.2, 0) is 14.8 Å². The second-order valence-corrected chi connectivity index (χ2v) is 9.46. The van der Waals surface area contributed by atoms with Crippen molar-refractivity contribution in [2.45, 2.75) is 63.4 Å². The molecule has 2 atom stereocenters. The molecule has 1 N–H and O–H groups in total. The lowest BCUT2D eigenvalue weighted by atomic mass is 10.1. The molecule has 0 spiro atoms. The minimum atomic E-state index is -3.75. The van der Waals surface area contributed by atoms with Crippen molar-refractivity contribution in [3.63, 3.8) is 0 Å². The Bertz CT molecular complexity index is 711. The Morgan fingerprint density at radius 2 is 1.88 bits per heavy atom. The van der Waals surface area contributed by atoms with Gasteiger partial charge in [0.2, 0.25) is 15.9 Å². The average Bonchev–Trinajstić information content (AvgIpc) is 3.26. The number of nitrogens with zero attached hydrogens (tertiary/aromatic N) is 1. The van der Waals surface area contributed by atoms with E-state index >= 15 is 0 Å². The van der Waals surface area contributed by atoms with E-state index in [0.29, 0.717) is 19.4 Å². The zero-order chi connectivity index (χ0) is 18.8. The number of carbonyl (C=O) groups is 1. The zero-order valence-corrected chi connectivity index (χ0v) is 16.1. The van der Waals surface area contributed by atoms with E-state index in [0.717, 1.165) is 18.6 Å². The van der Waals surface area contributed by atoms with Gasteiger partial charge in [-0.1, -0.05) is 13.3 Å². The molecular formula is C18H27FN2O3S. The van der Waals surface area contributed by atoms with Gasteiger partial charge in [-0.15, -0.1) is 0 Å². The largest absolute Gasteiger partial charge is 0.351 e. The molecule has 0 unspecified atom stereocenters. The van der Waals surface area contributed by atoms with Gasteiger partial charge in [0.15, 0.2) is 0 Å². The molecule has 0 heterocycles. The van der Waals surface area contributed by atoms with Crippen LogP contribution in [0.1, 0.15) is 47.0 Å². The number of hydrogen-bond donors (Lipinski definition) is 1. The van der Waals surface area contributed by atoms with Gasteiger partial charge in [-0.2, -0.15) is 4.31 Å². The van der Waals surface area contributed by atoms with E-state index < -0.39 is 15.8 Å². The van der Waals surface area contributed by atoms with E-state index in [4.69, 9.17) is 0 Å². The number of amides is 1. The summed E-state index contributed by atoms with van der Waals surface area (Å²) < 4.78 is 40.4. The minimum absolute atomic E-state index is 0.0619. The van der Waals surface area contributed by atoms with E-state index in [1.807, 2.05) is 27.7 Å². The number of halogens is 1. The van der Waals surface area contributed by atoms with Crippen LogP contribution < -0.4 is 5.32 Å². The number of hydrogen-bond acceptors (Lipinski definition) is 3. The molecule has 25 heavy (non-hydrogen) atoms. The smallest absolute Gasteiger partial charge is 0.243 e. The van der Waals surface area contributed by atoms with Crippen molar-refractivity contribution in [2.24, 2.45) is 5.92 Å². The van der Waals surface area contributed by atoms with Crippen molar-refractivity contribution < 1.29 is 17.6 Å². The monoisotopic (exact) mass is 370 g/mol. The molecule has 7 heteroatoms. The number of rotatable bonds is 7. The van der Waals surface area contributed by atoms with E-state index in [-0.39, 0.29) is 28.3 Å². The van der Waals surface area contributed by atoms with E-state index in [9.17, 15) is 17.6 Å². The van der Waals surface area contributed by atoms with Crippen LogP contribution in [0.3, 0.4) is 0 Å². The fourth-order valence-corrected chi connectivity index (χ4v) is 4.47. The molecule has 0 radical (unpaired) electrons. The van der Waals surface area contributed by atoms with Crippen LogP contribution in [0, 0.1) is 11.7 Å². The predicted octanol–water partition coefficient (Wildman–Crippen LogP) is 2.92. The summed E-state index contributed by atoms with van der Waals surface area (Å²) in [6, 6.07) is 4.50. The van der Waals surface area contributed by atoms with Crippen molar-refractivity contribution in [3.8, 4) is 0 Å². The molecule has 1 amide bonds. The molecule has 140 valence electrons. The van der Waals surface area contributed by atoms with Crippen molar-refractivity contribution in [1.82, 2.24) is 9.62 Å². The number of nitrogens with one attached hydrogen (secondary N) is 1. The van der Waals surface area contributed by atoms with Crippen molar-refractivity contribution >= 4 is 15.9 Å². The molecule has 0 aliphatic heterocycles. The maximum atomic E-state index is 13.1. The zero-order valence-electron chi connectivity index (χ0n) is 15.3. The summed E-state index contributed by atoms with van der Waals surface area (Å²) >= 11 is 0. The molecule has 5 nitrogen and oxygen atoms in total. The lowest BCUT2D eigenvalue weighted by Gasteiger charge is -2.24. The third-order valence-corrected chi connectivity index (χ3v) is 6.05. The summed E-state index contributed by atoms with van der Waals surface area (Å²) in [5, 5.41) is 2.91. The molecule has 0 aromatic heterocycles. The first-order valence-corrected chi connectivity index (χ1v) is 10.1. The first-order chi connectivity index (χ1) is 11.6. The van der Waals surface area contributed by atoms with Crippen LogP contribution in [0.25, 0.3) is 0 Å². The maximum Gasteiger partial charge on any atom is 0.243 e.